The Labute approximate surface area is 588 Å². The summed E-state index contributed by atoms with van der Waals surface area (Å²) in [5, 5.41) is 22.3. The van der Waals surface area contributed by atoms with Gasteiger partial charge in [0.05, 0.1) is 49.8 Å². The molecule has 0 radical (unpaired) electrons. The van der Waals surface area contributed by atoms with Crippen molar-refractivity contribution in [3.63, 3.8) is 0 Å². The summed E-state index contributed by atoms with van der Waals surface area (Å²) >= 11 is 0. The number of aliphatic imine (C=N–C) groups is 1. The molecule has 2 aliphatic carbocycles. The second-order valence-electron chi connectivity index (χ2n) is 28.9. The third-order valence-corrected chi connectivity index (χ3v) is 23.7. The Morgan fingerprint density at radius 3 is 1.90 bits per heavy atom. The molecule has 3 aliphatic rings. The number of nitrogens with zero attached hydrogens (tertiary/aromatic N) is 6. The van der Waals surface area contributed by atoms with Crippen LogP contribution in [0.25, 0.3) is 187 Å². The van der Waals surface area contributed by atoms with E-state index in [2.05, 4.69) is 326 Å². The fourth-order valence-corrected chi connectivity index (χ4v) is 18.7. The van der Waals surface area contributed by atoms with Crippen molar-refractivity contribution >= 4 is 131 Å². The zero-order valence-corrected chi connectivity index (χ0v) is 57.0. The first kappa shape index (κ1) is 57.5. The highest BCUT2D eigenvalue weighted by molar-refractivity contribution is 6.37. The van der Waals surface area contributed by atoms with E-state index in [0.717, 1.165) is 62.8 Å². The Hall–Kier alpha value is -12.5. The van der Waals surface area contributed by atoms with Gasteiger partial charge in [0.25, 0.3) is 0 Å². The minimum absolute atomic E-state index is 0.276. The van der Waals surface area contributed by atoms with Gasteiger partial charge in [-0.3, -0.25) is 0 Å². The molecule has 4 unspecified atom stereocenters. The summed E-state index contributed by atoms with van der Waals surface area (Å²) in [6.45, 7) is 9.54. The van der Waals surface area contributed by atoms with Crippen molar-refractivity contribution in [1.29, 1.82) is 0 Å². The summed E-state index contributed by atoms with van der Waals surface area (Å²) < 4.78 is 7.65. The molecule has 5 aromatic heterocycles. The lowest BCUT2D eigenvalue weighted by molar-refractivity contribution is 0.426. The molecule has 1 aliphatic heterocycles. The highest BCUT2D eigenvalue weighted by Gasteiger charge is 2.33. The lowest BCUT2D eigenvalue weighted by atomic mass is 9.80. The van der Waals surface area contributed by atoms with Crippen LogP contribution >= 0.6 is 0 Å². The number of aromatic nitrogens is 5. The summed E-state index contributed by atoms with van der Waals surface area (Å²) in [5.41, 5.74) is 27.4. The van der Waals surface area contributed by atoms with E-state index in [9.17, 15) is 0 Å². The Kier molecular flexibility index (Phi) is 12.1. The average Bonchev–Trinajstić information content (AvgIpc) is 1.51. The third kappa shape index (κ3) is 8.10. The predicted molar refractivity (Wildman–Crippen MR) is 428 cm³/mol. The topological polar surface area (TPSA) is 64.4 Å². The Balaban J connectivity index is 0.761. The van der Waals surface area contributed by atoms with Crippen LogP contribution in [-0.2, 0) is 0 Å². The largest absolute Gasteiger partial charge is 0.349 e. The quantitative estimate of drug-likeness (QED) is 0.180. The lowest BCUT2D eigenvalue weighted by Gasteiger charge is -2.32. The van der Waals surface area contributed by atoms with E-state index in [0.29, 0.717) is 17.7 Å². The number of benzene rings is 14. The highest BCUT2D eigenvalue weighted by atomic mass is 15.3. The van der Waals surface area contributed by atoms with E-state index in [4.69, 9.17) is 15.0 Å². The van der Waals surface area contributed by atoms with Crippen molar-refractivity contribution in [2.24, 2.45) is 10.9 Å². The third-order valence-electron chi connectivity index (χ3n) is 23.7. The van der Waals surface area contributed by atoms with Crippen LogP contribution in [0.1, 0.15) is 68.4 Å². The molecule has 14 aromatic carbocycles. The second kappa shape index (κ2) is 21.5. The normalized spacial score (nSPS) is 16.8. The maximum Gasteiger partial charge on any atom is 0.200 e. The van der Waals surface area contributed by atoms with Crippen molar-refractivity contribution in [3.8, 4) is 61.7 Å². The van der Waals surface area contributed by atoms with Crippen LogP contribution in [0.15, 0.2) is 289 Å². The van der Waals surface area contributed by atoms with Gasteiger partial charge in [-0.05, 0) is 193 Å². The van der Waals surface area contributed by atoms with Crippen LogP contribution < -0.4 is 5.32 Å². The molecule has 1 N–H and O–H groups in total. The number of hydrogen-bond donors (Lipinski definition) is 1. The molecule has 102 heavy (non-hydrogen) atoms. The fraction of sp³-hybridized carbons (Fsp3) is 0.105. The van der Waals surface area contributed by atoms with E-state index in [1.807, 2.05) is 0 Å². The van der Waals surface area contributed by atoms with Crippen LogP contribution in [0.2, 0.25) is 0 Å². The number of rotatable bonds is 6. The minimum atomic E-state index is -0.372. The first-order valence-electron chi connectivity index (χ1n) is 36.2. The van der Waals surface area contributed by atoms with E-state index in [-0.39, 0.29) is 12.2 Å². The van der Waals surface area contributed by atoms with Crippen LogP contribution in [0.5, 0.6) is 0 Å². The summed E-state index contributed by atoms with van der Waals surface area (Å²) in [5.74, 6) is 1.66. The molecule has 6 heterocycles. The summed E-state index contributed by atoms with van der Waals surface area (Å²) in [6, 6.07) is 97.8. The lowest BCUT2D eigenvalue weighted by Crippen LogP contribution is -2.33. The number of nitrogens with one attached hydrogen (secondary N) is 1. The highest BCUT2D eigenvalue weighted by Crippen LogP contribution is 2.54. The first-order valence-corrected chi connectivity index (χ1v) is 36.2. The minimum Gasteiger partial charge on any atom is -0.349 e. The van der Waals surface area contributed by atoms with Gasteiger partial charge in [0.2, 0.25) is 6.29 Å². The molecule has 19 aromatic rings. The monoisotopic (exact) mass is 1310 g/mol. The van der Waals surface area contributed by atoms with Crippen LogP contribution in [0.3, 0.4) is 0 Å². The molecule has 4 atom stereocenters. The van der Waals surface area contributed by atoms with Crippen molar-refractivity contribution in [3.05, 3.63) is 301 Å². The molecule has 0 amide bonds. The van der Waals surface area contributed by atoms with E-state index < -0.39 is 0 Å². The molecule has 0 spiro atoms. The number of hydrogen-bond acceptors (Lipinski definition) is 4. The fourth-order valence-electron chi connectivity index (χ4n) is 18.7. The Morgan fingerprint density at radius 1 is 0.441 bits per heavy atom. The summed E-state index contributed by atoms with van der Waals surface area (Å²) in [4.78, 5) is 16.1. The molecule has 0 saturated carbocycles. The molecule has 0 saturated heterocycles. The molecule has 7 nitrogen and oxygen atoms in total. The second-order valence-corrected chi connectivity index (χ2v) is 28.9. The molecular formula is C95H67N7. The van der Waals surface area contributed by atoms with Gasteiger partial charge in [-0.15, -0.1) is 0 Å². The van der Waals surface area contributed by atoms with E-state index in [1.54, 1.807) is 0 Å². The van der Waals surface area contributed by atoms with Gasteiger partial charge >= 0.3 is 0 Å². The SMILES string of the molecule is CCC1CC=CC2=C1NC(n1c3cc4cc(-c5cccc6c7c8c9cc%10ccccc%10cc9n(-c9ccc(-c%10nc(-c%11ccc%12ccccc%12c%11)c%11ccccc%11n%10)cc9)c8cc8c9ccccc9n(c56)c87)ccc4cc3c3c4c(C)c(cc31)-c1ccccc1C(C)C(C)c1ccccc1-4)N=C2. The van der Waals surface area contributed by atoms with Gasteiger partial charge in [-0.25, -0.2) is 15.0 Å². The van der Waals surface area contributed by atoms with Crippen molar-refractivity contribution in [2.75, 3.05) is 0 Å². The Bertz CT molecular complexity index is 6990. The zero-order chi connectivity index (χ0) is 67.3. The number of fused-ring (bicyclic) bond motifs is 24. The molecule has 7 heteroatoms. The smallest absolute Gasteiger partial charge is 0.200 e. The van der Waals surface area contributed by atoms with E-state index in [1.165, 1.54) is 159 Å². The van der Waals surface area contributed by atoms with Crippen molar-refractivity contribution in [1.82, 2.24) is 28.8 Å². The summed E-state index contributed by atoms with van der Waals surface area (Å²) in [6.07, 6.45) is 8.40. The maximum absolute atomic E-state index is 5.49. The molecule has 0 fully saturated rings. The van der Waals surface area contributed by atoms with Crippen LogP contribution in [0.4, 0.5) is 0 Å². The van der Waals surface area contributed by atoms with Gasteiger partial charge in [0.15, 0.2) is 5.82 Å². The average molecular weight is 1310 g/mol. The Morgan fingerprint density at radius 2 is 1.08 bits per heavy atom. The zero-order valence-electron chi connectivity index (χ0n) is 57.0. The van der Waals surface area contributed by atoms with Gasteiger partial charge in [0, 0.05) is 94.3 Å². The van der Waals surface area contributed by atoms with Gasteiger partial charge < -0.3 is 18.9 Å². The molecular weight excluding hydrogens is 1240 g/mol. The van der Waals surface area contributed by atoms with Gasteiger partial charge in [0.1, 0.15) is 0 Å². The molecule has 482 valence electrons. The van der Waals surface area contributed by atoms with Crippen LogP contribution in [0, 0.1) is 12.8 Å². The van der Waals surface area contributed by atoms with Gasteiger partial charge in [-0.2, -0.15) is 0 Å². The number of allylic oxidation sites excluding steroid dienone is 4. The molecule has 22 rings (SSSR count). The summed E-state index contributed by atoms with van der Waals surface area (Å²) in [7, 11) is 0. The van der Waals surface area contributed by atoms with Crippen LogP contribution in [-0.4, -0.2) is 29.7 Å². The van der Waals surface area contributed by atoms with Crippen molar-refractivity contribution in [2.45, 2.75) is 58.7 Å². The van der Waals surface area contributed by atoms with Crippen molar-refractivity contribution < 1.29 is 0 Å². The van der Waals surface area contributed by atoms with Gasteiger partial charge in [-0.1, -0.05) is 209 Å². The predicted octanol–water partition coefficient (Wildman–Crippen LogP) is 24.7. The van der Waals surface area contributed by atoms with E-state index >= 15 is 0 Å². The first-order chi connectivity index (χ1) is 50.3. The number of para-hydroxylation sites is 3. The molecule has 2 bridgehead atoms. The maximum atomic E-state index is 5.49. The standard InChI is InChI=1S/C95H67N7/c1-5-56-24-18-25-65-52-96-95(99-90(56)65)101-83-49-66-45-63(38-37-62(66)47-79(83)87-85(101)50-76-55(4)86(87)73-30-13-11-27-69(73)54(3)53(2)68-26-10-12-28-71(68)76)70-32-19-33-75-89-88-78-46-60-22-8-9-23-61(60)48-82(78)100(84(88)51-77-72-29-15-17-35-81(72)102(92(70)75)93(77)89)67-42-40-58(41-43-67)94-97-80-34-16-14-31-74(80)91(98-94)64-39-36-57-20-6-7-21-59(57)44-64/h6-23,25-54,56,95,99H,5,24H2,1-4H3.